The van der Waals surface area contributed by atoms with Crippen molar-refractivity contribution in [1.29, 1.82) is 0 Å². The van der Waals surface area contributed by atoms with E-state index in [4.69, 9.17) is 4.74 Å². The average Bonchev–Trinajstić information content (AvgIpc) is 3.28. The fourth-order valence-electron chi connectivity index (χ4n) is 5.25. The Bertz CT molecular complexity index is 1420. The first-order valence-electron chi connectivity index (χ1n) is 11.9. The molecule has 3 aromatic carbocycles. The summed E-state index contributed by atoms with van der Waals surface area (Å²) in [5.41, 5.74) is -1.75. The number of rotatable bonds is 3. The van der Waals surface area contributed by atoms with Crippen molar-refractivity contribution in [3.63, 3.8) is 0 Å². The van der Waals surface area contributed by atoms with Crippen molar-refractivity contribution in [2.45, 2.75) is 38.2 Å². The molecule has 188 valence electrons. The van der Waals surface area contributed by atoms with Gasteiger partial charge >= 0.3 is 6.09 Å². The van der Waals surface area contributed by atoms with Crippen LogP contribution in [0.25, 0.3) is 0 Å². The molecule has 4 amide bonds. The van der Waals surface area contributed by atoms with Crippen LogP contribution in [0.3, 0.4) is 0 Å². The molecule has 0 radical (unpaired) electrons. The van der Waals surface area contributed by atoms with Gasteiger partial charge < -0.3 is 4.74 Å². The van der Waals surface area contributed by atoms with Crippen molar-refractivity contribution in [3.8, 4) is 0 Å². The molecule has 2 atom stereocenters. The molecule has 0 bridgehead atoms. The first-order valence-corrected chi connectivity index (χ1v) is 11.9. The number of nitrogens with zero attached hydrogens (tertiary/aromatic N) is 2. The second-order valence-electron chi connectivity index (χ2n) is 10.1. The Labute approximate surface area is 213 Å². The number of hydrogen-bond acceptors (Lipinski definition) is 5. The van der Waals surface area contributed by atoms with Gasteiger partial charge in [0.25, 0.3) is 5.91 Å². The van der Waals surface area contributed by atoms with Gasteiger partial charge in [-0.2, -0.15) is 0 Å². The van der Waals surface area contributed by atoms with Gasteiger partial charge in [0, 0.05) is 12.0 Å². The Balaban J connectivity index is 1.75. The number of anilines is 2. The second-order valence-corrected chi connectivity index (χ2v) is 10.1. The molecule has 37 heavy (non-hydrogen) atoms. The van der Waals surface area contributed by atoms with Gasteiger partial charge in [-0.25, -0.2) is 14.1 Å². The SMILES string of the molecule is CC(C)(C)OC(=O)N1C(=O)[C@@](c2ccccc2)([C@@H]2CC(=O)N(c3ccccc3)C2=O)c2cc(F)ccc21. The van der Waals surface area contributed by atoms with Crippen LogP contribution in [0.2, 0.25) is 0 Å². The van der Waals surface area contributed by atoms with E-state index in [1.165, 1.54) is 6.07 Å². The molecule has 0 saturated carbocycles. The summed E-state index contributed by atoms with van der Waals surface area (Å²) in [4.78, 5) is 56.8. The van der Waals surface area contributed by atoms with Crippen LogP contribution in [-0.4, -0.2) is 29.4 Å². The molecule has 3 aromatic rings. The molecule has 7 nitrogen and oxygen atoms in total. The minimum Gasteiger partial charge on any atom is -0.443 e. The Morgan fingerprint density at radius 3 is 2.19 bits per heavy atom. The molecular formula is C29H25FN2O5. The van der Waals surface area contributed by atoms with Gasteiger partial charge in [0.1, 0.15) is 16.8 Å². The Kier molecular flexibility index (Phi) is 5.70. The highest BCUT2D eigenvalue weighted by Crippen LogP contribution is 2.54. The smallest absolute Gasteiger partial charge is 0.421 e. The maximum atomic E-state index is 14.7. The van der Waals surface area contributed by atoms with E-state index < -0.39 is 46.6 Å². The van der Waals surface area contributed by atoms with Crippen LogP contribution in [-0.2, 0) is 24.5 Å². The topological polar surface area (TPSA) is 84.0 Å². The van der Waals surface area contributed by atoms with Crippen LogP contribution in [0.1, 0.15) is 38.3 Å². The van der Waals surface area contributed by atoms with Crippen molar-refractivity contribution in [1.82, 2.24) is 0 Å². The van der Waals surface area contributed by atoms with Gasteiger partial charge in [-0.15, -0.1) is 0 Å². The maximum absolute atomic E-state index is 14.7. The molecule has 0 spiro atoms. The van der Waals surface area contributed by atoms with E-state index in [0.29, 0.717) is 11.3 Å². The summed E-state index contributed by atoms with van der Waals surface area (Å²) in [5, 5.41) is 0. The molecule has 2 heterocycles. The number of hydrogen-bond donors (Lipinski definition) is 0. The standard InChI is InChI=1S/C29H25FN2O5/c1-28(2,3)37-27(36)32-23-15-14-19(30)16-21(23)29(26(32)35,18-10-6-4-7-11-18)22-17-24(33)31(25(22)34)20-12-8-5-9-13-20/h4-16,22H,17H2,1-3H3/t22-,29-/m1/s1. The van der Waals surface area contributed by atoms with Crippen LogP contribution in [0, 0.1) is 11.7 Å². The number of amides is 4. The van der Waals surface area contributed by atoms with Crippen molar-refractivity contribution in [2.75, 3.05) is 9.80 Å². The number of halogens is 1. The number of para-hydroxylation sites is 1. The quantitative estimate of drug-likeness (QED) is 0.474. The molecule has 5 rings (SSSR count). The van der Waals surface area contributed by atoms with E-state index in [1.807, 2.05) is 0 Å². The predicted molar refractivity (Wildman–Crippen MR) is 134 cm³/mol. The summed E-state index contributed by atoms with van der Waals surface area (Å²) in [6, 6.07) is 20.5. The van der Waals surface area contributed by atoms with Crippen molar-refractivity contribution in [2.24, 2.45) is 5.92 Å². The maximum Gasteiger partial charge on any atom is 0.421 e. The third-order valence-electron chi connectivity index (χ3n) is 6.65. The highest BCUT2D eigenvalue weighted by atomic mass is 19.1. The molecule has 0 aliphatic carbocycles. The van der Waals surface area contributed by atoms with E-state index in [-0.39, 0.29) is 17.7 Å². The lowest BCUT2D eigenvalue weighted by Gasteiger charge is -2.33. The number of benzene rings is 3. The first kappa shape index (κ1) is 24.4. The molecule has 8 heteroatoms. The molecule has 0 unspecified atom stereocenters. The third kappa shape index (κ3) is 3.80. The summed E-state index contributed by atoms with van der Waals surface area (Å²) in [6.07, 6.45) is -1.24. The molecule has 1 fully saturated rings. The van der Waals surface area contributed by atoms with Gasteiger partial charge in [0.2, 0.25) is 11.8 Å². The van der Waals surface area contributed by atoms with Crippen LogP contribution >= 0.6 is 0 Å². The summed E-state index contributed by atoms with van der Waals surface area (Å²) in [5.74, 6) is -3.72. The number of fused-ring (bicyclic) bond motifs is 1. The van der Waals surface area contributed by atoms with Crippen LogP contribution in [0.15, 0.2) is 78.9 Å². The molecule has 2 aliphatic rings. The lowest BCUT2D eigenvalue weighted by Crippen LogP contribution is -2.51. The summed E-state index contributed by atoms with van der Waals surface area (Å²) >= 11 is 0. The van der Waals surface area contributed by atoms with Crippen molar-refractivity contribution >= 4 is 35.2 Å². The second kappa shape index (κ2) is 8.65. The van der Waals surface area contributed by atoms with Gasteiger partial charge in [0.05, 0.1) is 17.3 Å². The fourth-order valence-corrected chi connectivity index (χ4v) is 5.25. The Morgan fingerprint density at radius 2 is 1.57 bits per heavy atom. The molecule has 2 aliphatic heterocycles. The van der Waals surface area contributed by atoms with Crippen LogP contribution < -0.4 is 9.80 Å². The van der Waals surface area contributed by atoms with Gasteiger partial charge in [0.15, 0.2) is 0 Å². The molecular weight excluding hydrogens is 475 g/mol. The summed E-state index contributed by atoms with van der Waals surface area (Å²) in [7, 11) is 0. The zero-order chi connectivity index (χ0) is 26.5. The summed E-state index contributed by atoms with van der Waals surface area (Å²) < 4.78 is 20.3. The third-order valence-corrected chi connectivity index (χ3v) is 6.65. The predicted octanol–water partition coefficient (Wildman–Crippen LogP) is 4.97. The molecule has 0 N–H and O–H groups in total. The summed E-state index contributed by atoms with van der Waals surface area (Å²) in [6.45, 7) is 5.00. The lowest BCUT2D eigenvalue weighted by molar-refractivity contribution is -0.130. The average molecular weight is 501 g/mol. The minimum absolute atomic E-state index is 0.114. The lowest BCUT2D eigenvalue weighted by atomic mass is 9.65. The van der Waals surface area contributed by atoms with E-state index in [2.05, 4.69) is 0 Å². The first-order chi connectivity index (χ1) is 17.6. The zero-order valence-electron chi connectivity index (χ0n) is 20.6. The highest BCUT2D eigenvalue weighted by Gasteiger charge is 2.64. The van der Waals surface area contributed by atoms with E-state index in [0.717, 1.165) is 21.9 Å². The zero-order valence-corrected chi connectivity index (χ0v) is 20.6. The van der Waals surface area contributed by atoms with E-state index >= 15 is 0 Å². The van der Waals surface area contributed by atoms with Gasteiger partial charge in [-0.05, 0) is 56.7 Å². The van der Waals surface area contributed by atoms with Crippen LogP contribution in [0.5, 0.6) is 0 Å². The normalized spacial score (nSPS) is 21.4. The van der Waals surface area contributed by atoms with E-state index in [1.54, 1.807) is 81.4 Å². The van der Waals surface area contributed by atoms with Crippen molar-refractivity contribution < 1.29 is 28.3 Å². The van der Waals surface area contributed by atoms with Crippen LogP contribution in [0.4, 0.5) is 20.6 Å². The fraction of sp³-hybridized carbons (Fsp3) is 0.241. The number of carbonyl (C=O) groups excluding carboxylic acids is 4. The number of ether oxygens (including phenoxy) is 1. The Morgan fingerprint density at radius 1 is 0.946 bits per heavy atom. The van der Waals surface area contributed by atoms with E-state index in [9.17, 15) is 23.6 Å². The largest absolute Gasteiger partial charge is 0.443 e. The highest BCUT2D eigenvalue weighted by molar-refractivity contribution is 6.28. The number of imide groups is 2. The number of carbonyl (C=O) groups is 4. The van der Waals surface area contributed by atoms with Gasteiger partial charge in [-0.3, -0.25) is 19.3 Å². The van der Waals surface area contributed by atoms with Crippen molar-refractivity contribution in [3.05, 3.63) is 95.8 Å². The molecule has 0 aromatic heterocycles. The minimum atomic E-state index is -1.83. The van der Waals surface area contributed by atoms with Gasteiger partial charge in [-0.1, -0.05) is 48.5 Å². The Hall–Kier alpha value is -4.33. The molecule has 1 saturated heterocycles. The monoisotopic (exact) mass is 500 g/mol.